The molecule has 0 atom stereocenters. The quantitative estimate of drug-likeness (QED) is 0.540. The highest BCUT2D eigenvalue weighted by atomic mass is 19.1. The molecule has 4 aromatic rings. The molecule has 0 aliphatic heterocycles. The summed E-state index contributed by atoms with van der Waals surface area (Å²) in [4.78, 5) is 17.5. The molecule has 0 radical (unpaired) electrons. The number of carbonyl (C=O) groups excluding carboxylic acids is 1. The van der Waals surface area contributed by atoms with Crippen molar-refractivity contribution in [3.63, 3.8) is 0 Å². The molecule has 0 aliphatic carbocycles. The number of nitrogens with zero attached hydrogens (tertiary/aromatic N) is 2. The number of benzene rings is 2. The van der Waals surface area contributed by atoms with Gasteiger partial charge in [-0.15, -0.1) is 0 Å². The zero-order valence-electron chi connectivity index (χ0n) is 16.4. The van der Waals surface area contributed by atoms with E-state index in [0.29, 0.717) is 22.6 Å². The van der Waals surface area contributed by atoms with E-state index in [1.165, 1.54) is 12.1 Å². The predicted molar refractivity (Wildman–Crippen MR) is 109 cm³/mol. The summed E-state index contributed by atoms with van der Waals surface area (Å²) in [5.74, 6) is -0.0713. The van der Waals surface area contributed by atoms with E-state index in [9.17, 15) is 9.18 Å². The molecule has 6 heteroatoms. The molecule has 1 amide bonds. The molecule has 0 saturated carbocycles. The summed E-state index contributed by atoms with van der Waals surface area (Å²) < 4.78 is 18.7. The van der Waals surface area contributed by atoms with Gasteiger partial charge in [-0.1, -0.05) is 29.4 Å². The van der Waals surface area contributed by atoms with E-state index >= 15 is 0 Å². The summed E-state index contributed by atoms with van der Waals surface area (Å²) in [5, 5.41) is 7.65. The number of aryl methyl sites for hydroxylation is 3. The third-order valence-electron chi connectivity index (χ3n) is 4.98. The van der Waals surface area contributed by atoms with Crippen LogP contribution in [0.1, 0.15) is 32.9 Å². The topological polar surface area (TPSA) is 68.0 Å². The van der Waals surface area contributed by atoms with Crippen LogP contribution in [-0.4, -0.2) is 16.0 Å². The van der Waals surface area contributed by atoms with E-state index in [4.69, 9.17) is 4.52 Å². The Kier molecular flexibility index (Phi) is 4.84. The molecular weight excluding hydrogens is 369 g/mol. The van der Waals surface area contributed by atoms with E-state index in [2.05, 4.69) is 15.5 Å². The van der Waals surface area contributed by atoms with Gasteiger partial charge in [0.2, 0.25) is 0 Å². The summed E-state index contributed by atoms with van der Waals surface area (Å²) in [6, 6.07) is 13.5. The lowest BCUT2D eigenvalue weighted by molar-refractivity contribution is 0.0948. The molecule has 0 bridgehead atoms. The van der Waals surface area contributed by atoms with E-state index in [1.54, 1.807) is 24.3 Å². The Hall–Kier alpha value is -3.54. The SMILES string of the molecule is Cc1cc(C(=O)NCc2cc(-c3cccc(F)c3)no2)c2ccc(C)c(C)c2n1. The first-order valence-corrected chi connectivity index (χ1v) is 9.29. The van der Waals surface area contributed by atoms with Crippen molar-refractivity contribution >= 4 is 16.8 Å². The number of halogens is 1. The Morgan fingerprint density at radius 2 is 1.93 bits per heavy atom. The largest absolute Gasteiger partial charge is 0.359 e. The molecule has 4 rings (SSSR count). The van der Waals surface area contributed by atoms with Crippen LogP contribution < -0.4 is 5.32 Å². The van der Waals surface area contributed by atoms with E-state index in [1.807, 2.05) is 32.9 Å². The van der Waals surface area contributed by atoms with Crippen LogP contribution in [-0.2, 0) is 6.54 Å². The van der Waals surface area contributed by atoms with Crippen molar-refractivity contribution in [2.24, 2.45) is 0 Å². The fourth-order valence-corrected chi connectivity index (χ4v) is 3.29. The van der Waals surface area contributed by atoms with Gasteiger partial charge in [-0.05, 0) is 50.1 Å². The lowest BCUT2D eigenvalue weighted by atomic mass is 10.0. The monoisotopic (exact) mass is 389 g/mol. The number of rotatable bonds is 4. The van der Waals surface area contributed by atoms with Crippen LogP contribution in [0.2, 0.25) is 0 Å². The highest BCUT2D eigenvalue weighted by molar-refractivity contribution is 6.07. The van der Waals surface area contributed by atoms with Crippen molar-refractivity contribution in [1.82, 2.24) is 15.5 Å². The molecule has 5 nitrogen and oxygen atoms in total. The Labute approximate surface area is 167 Å². The first-order chi connectivity index (χ1) is 13.9. The third-order valence-corrected chi connectivity index (χ3v) is 4.98. The molecule has 146 valence electrons. The number of amides is 1. The summed E-state index contributed by atoms with van der Waals surface area (Å²) in [6.07, 6.45) is 0. The van der Waals surface area contributed by atoms with Crippen LogP contribution in [0.4, 0.5) is 4.39 Å². The maximum atomic E-state index is 13.4. The van der Waals surface area contributed by atoms with Crippen LogP contribution >= 0.6 is 0 Å². The van der Waals surface area contributed by atoms with Crippen LogP contribution in [0.25, 0.3) is 22.2 Å². The summed E-state index contributed by atoms with van der Waals surface area (Å²) >= 11 is 0. The lowest BCUT2D eigenvalue weighted by Crippen LogP contribution is -2.23. The minimum Gasteiger partial charge on any atom is -0.359 e. The molecule has 2 aromatic carbocycles. The van der Waals surface area contributed by atoms with Gasteiger partial charge >= 0.3 is 0 Å². The molecule has 1 N–H and O–H groups in total. The van der Waals surface area contributed by atoms with Gasteiger partial charge in [-0.2, -0.15) is 0 Å². The van der Waals surface area contributed by atoms with Crippen LogP contribution in [0, 0.1) is 26.6 Å². The average molecular weight is 389 g/mol. The second-order valence-electron chi connectivity index (χ2n) is 7.09. The number of hydrogen-bond donors (Lipinski definition) is 1. The minimum absolute atomic E-state index is 0.175. The zero-order valence-corrected chi connectivity index (χ0v) is 16.4. The van der Waals surface area contributed by atoms with Gasteiger partial charge in [0, 0.05) is 22.7 Å². The normalized spacial score (nSPS) is 11.0. The number of aromatic nitrogens is 2. The molecule has 0 spiro atoms. The summed E-state index contributed by atoms with van der Waals surface area (Å²) in [6.45, 7) is 6.08. The Morgan fingerprint density at radius 1 is 1.10 bits per heavy atom. The Morgan fingerprint density at radius 3 is 2.72 bits per heavy atom. The fraction of sp³-hybridized carbons (Fsp3) is 0.174. The van der Waals surface area contributed by atoms with E-state index in [0.717, 1.165) is 27.7 Å². The molecule has 2 heterocycles. The van der Waals surface area contributed by atoms with Crippen LogP contribution in [0.3, 0.4) is 0 Å². The maximum absolute atomic E-state index is 13.4. The summed E-state index contributed by atoms with van der Waals surface area (Å²) in [5.41, 5.74) is 5.52. The van der Waals surface area contributed by atoms with Crippen molar-refractivity contribution in [2.75, 3.05) is 0 Å². The highest BCUT2D eigenvalue weighted by Gasteiger charge is 2.15. The smallest absolute Gasteiger partial charge is 0.252 e. The van der Waals surface area contributed by atoms with Gasteiger partial charge in [0.1, 0.15) is 11.5 Å². The number of fused-ring (bicyclic) bond motifs is 1. The lowest BCUT2D eigenvalue weighted by Gasteiger charge is -2.11. The number of hydrogen-bond acceptors (Lipinski definition) is 4. The fourth-order valence-electron chi connectivity index (χ4n) is 3.29. The molecule has 0 aliphatic rings. The van der Waals surface area contributed by atoms with Crippen molar-refractivity contribution < 1.29 is 13.7 Å². The van der Waals surface area contributed by atoms with E-state index < -0.39 is 0 Å². The standard InChI is InChI=1S/C23H20FN3O2/c1-13-7-8-19-20(9-14(2)26-22(19)15(13)3)23(28)25-12-18-11-21(27-29-18)16-5-4-6-17(24)10-16/h4-11H,12H2,1-3H3,(H,25,28). The van der Waals surface area contributed by atoms with Gasteiger partial charge in [-0.25, -0.2) is 4.39 Å². The molecule has 0 saturated heterocycles. The number of nitrogens with one attached hydrogen (secondary N) is 1. The predicted octanol–water partition coefficient (Wildman–Crippen LogP) is 4.88. The second kappa shape index (κ2) is 7.47. The average Bonchev–Trinajstić information content (AvgIpc) is 3.18. The molecule has 29 heavy (non-hydrogen) atoms. The Balaban J connectivity index is 1.56. The first kappa shape index (κ1) is 18.8. The first-order valence-electron chi connectivity index (χ1n) is 9.29. The molecule has 0 fully saturated rings. The van der Waals surface area contributed by atoms with Gasteiger partial charge < -0.3 is 9.84 Å². The zero-order chi connectivity index (χ0) is 20.5. The van der Waals surface area contributed by atoms with Crippen LogP contribution in [0.15, 0.2) is 53.1 Å². The summed E-state index contributed by atoms with van der Waals surface area (Å²) in [7, 11) is 0. The van der Waals surface area contributed by atoms with Gasteiger partial charge in [0.15, 0.2) is 5.76 Å². The van der Waals surface area contributed by atoms with Crippen molar-refractivity contribution in [3.05, 3.63) is 82.5 Å². The number of pyridine rings is 1. The number of carbonyl (C=O) groups is 1. The van der Waals surface area contributed by atoms with E-state index in [-0.39, 0.29) is 18.3 Å². The maximum Gasteiger partial charge on any atom is 0.252 e. The van der Waals surface area contributed by atoms with Gasteiger partial charge in [0.25, 0.3) is 5.91 Å². The minimum atomic E-state index is -0.342. The van der Waals surface area contributed by atoms with Crippen LogP contribution in [0.5, 0.6) is 0 Å². The van der Waals surface area contributed by atoms with Gasteiger partial charge in [-0.3, -0.25) is 9.78 Å². The second-order valence-corrected chi connectivity index (χ2v) is 7.09. The van der Waals surface area contributed by atoms with Gasteiger partial charge in [0.05, 0.1) is 17.6 Å². The van der Waals surface area contributed by atoms with Crippen molar-refractivity contribution in [3.8, 4) is 11.3 Å². The molecule has 0 unspecified atom stereocenters. The molecular formula is C23H20FN3O2. The van der Waals surface area contributed by atoms with Crippen molar-refractivity contribution in [2.45, 2.75) is 27.3 Å². The molecule has 2 aromatic heterocycles. The third kappa shape index (κ3) is 3.74. The Bertz CT molecular complexity index is 1230. The highest BCUT2D eigenvalue weighted by Crippen LogP contribution is 2.24. The van der Waals surface area contributed by atoms with Crippen molar-refractivity contribution in [1.29, 1.82) is 0 Å².